The third-order valence-electron chi connectivity index (χ3n) is 2.56. The van der Waals surface area contributed by atoms with Gasteiger partial charge in [0.25, 0.3) is 0 Å². The molecule has 0 amide bonds. The second-order valence-corrected chi connectivity index (χ2v) is 6.85. The largest absolute Gasteiger partial charge is 0.493 e. The van der Waals surface area contributed by atoms with Gasteiger partial charge < -0.3 is 4.74 Å². The topological polar surface area (TPSA) is 65.1 Å². The average molecular weight is 396 g/mol. The van der Waals surface area contributed by atoms with Crippen LogP contribution in [-0.2, 0) is 7.05 Å². The number of thiophene rings is 1. The van der Waals surface area contributed by atoms with Gasteiger partial charge in [-0.05, 0) is 37.9 Å². The monoisotopic (exact) mass is 394 g/mol. The quantitative estimate of drug-likeness (QED) is 0.616. The molecule has 3 N–H and O–H groups in total. The Labute approximate surface area is 126 Å². The summed E-state index contributed by atoms with van der Waals surface area (Å²) in [5, 5.41) is 4.19. The predicted octanol–water partition coefficient (Wildman–Crippen LogP) is 2.57. The molecule has 0 aliphatic heterocycles. The zero-order valence-electron chi connectivity index (χ0n) is 9.78. The highest BCUT2D eigenvalue weighted by Gasteiger charge is 2.23. The molecule has 0 saturated carbocycles. The number of methoxy groups -OCH3 is 1. The van der Waals surface area contributed by atoms with Crippen LogP contribution in [0.3, 0.4) is 0 Å². The molecule has 8 heteroatoms. The molecule has 5 nitrogen and oxygen atoms in total. The zero-order chi connectivity index (χ0) is 13.3. The summed E-state index contributed by atoms with van der Waals surface area (Å²) < 4.78 is 9.09. The van der Waals surface area contributed by atoms with E-state index in [-0.39, 0.29) is 6.04 Å². The first-order valence-corrected chi connectivity index (χ1v) is 7.45. The van der Waals surface area contributed by atoms with Gasteiger partial charge in [-0.3, -0.25) is 10.5 Å². The highest BCUT2D eigenvalue weighted by atomic mass is 79.9. The minimum absolute atomic E-state index is 0.167. The number of aromatic nitrogens is 2. The van der Waals surface area contributed by atoms with Gasteiger partial charge in [0.15, 0.2) is 5.75 Å². The van der Waals surface area contributed by atoms with Crippen molar-refractivity contribution in [2.45, 2.75) is 6.04 Å². The van der Waals surface area contributed by atoms with Crippen molar-refractivity contribution in [3.8, 4) is 5.75 Å². The van der Waals surface area contributed by atoms with Crippen LogP contribution in [0.1, 0.15) is 16.6 Å². The molecule has 1 unspecified atom stereocenters. The van der Waals surface area contributed by atoms with Gasteiger partial charge in [-0.2, -0.15) is 5.10 Å². The Morgan fingerprint density at radius 3 is 2.78 bits per heavy atom. The Morgan fingerprint density at radius 1 is 1.56 bits per heavy atom. The van der Waals surface area contributed by atoms with Gasteiger partial charge in [0.1, 0.15) is 11.7 Å². The average Bonchev–Trinajstić information content (AvgIpc) is 2.86. The molecule has 0 aliphatic rings. The van der Waals surface area contributed by atoms with Crippen LogP contribution in [0, 0.1) is 0 Å². The van der Waals surface area contributed by atoms with Crippen molar-refractivity contribution in [1.82, 2.24) is 15.2 Å². The highest BCUT2D eigenvalue weighted by molar-refractivity contribution is 9.13. The number of nitrogens with two attached hydrogens (primary N) is 1. The number of hydrazine groups is 1. The summed E-state index contributed by atoms with van der Waals surface area (Å²) >= 11 is 8.56. The van der Waals surface area contributed by atoms with Crippen molar-refractivity contribution in [3.05, 3.63) is 31.1 Å². The second kappa shape index (κ2) is 5.70. The Morgan fingerprint density at radius 2 is 2.28 bits per heavy atom. The van der Waals surface area contributed by atoms with Crippen LogP contribution in [0.2, 0.25) is 0 Å². The maximum Gasteiger partial charge on any atom is 0.162 e. The lowest BCUT2D eigenvalue weighted by molar-refractivity contribution is 0.401. The van der Waals surface area contributed by atoms with Gasteiger partial charge >= 0.3 is 0 Å². The SMILES string of the molecule is COc1cnn(C)c1C(NN)c1cc(Br)c(Br)s1. The third-order valence-corrected chi connectivity index (χ3v) is 5.88. The van der Waals surface area contributed by atoms with Crippen LogP contribution in [0.25, 0.3) is 0 Å². The van der Waals surface area contributed by atoms with E-state index in [4.69, 9.17) is 10.6 Å². The van der Waals surface area contributed by atoms with E-state index in [1.807, 2.05) is 13.1 Å². The first-order chi connectivity index (χ1) is 8.58. The van der Waals surface area contributed by atoms with Crippen LogP contribution in [0.5, 0.6) is 5.75 Å². The molecule has 0 radical (unpaired) electrons. The van der Waals surface area contributed by atoms with E-state index in [0.29, 0.717) is 5.75 Å². The van der Waals surface area contributed by atoms with E-state index in [2.05, 4.69) is 42.4 Å². The van der Waals surface area contributed by atoms with E-state index in [9.17, 15) is 0 Å². The fraction of sp³-hybridized carbons (Fsp3) is 0.300. The Balaban J connectivity index is 2.47. The fourth-order valence-corrected chi connectivity index (χ4v) is 3.87. The minimum atomic E-state index is -0.167. The fourth-order valence-electron chi connectivity index (χ4n) is 1.71. The maximum atomic E-state index is 5.68. The number of hydrogen-bond acceptors (Lipinski definition) is 5. The number of hydrogen-bond donors (Lipinski definition) is 2. The summed E-state index contributed by atoms with van der Waals surface area (Å²) in [6.07, 6.45) is 1.68. The van der Waals surface area contributed by atoms with Crippen molar-refractivity contribution in [2.24, 2.45) is 12.9 Å². The molecule has 18 heavy (non-hydrogen) atoms. The van der Waals surface area contributed by atoms with Crippen LogP contribution >= 0.6 is 43.2 Å². The molecule has 0 bridgehead atoms. The molecule has 0 spiro atoms. The molecule has 0 fully saturated rings. The third kappa shape index (κ3) is 2.48. The molecule has 2 rings (SSSR count). The molecule has 0 saturated heterocycles. The standard InChI is InChI=1S/C10H12Br2N4OS/c1-16-9(6(17-2)4-14-16)8(15-13)7-3-5(11)10(12)18-7/h3-4,8,15H,13H2,1-2H3. The normalized spacial score (nSPS) is 12.7. The maximum absolute atomic E-state index is 5.68. The summed E-state index contributed by atoms with van der Waals surface area (Å²) in [6, 6.07) is 1.85. The molecule has 2 heterocycles. The molecular weight excluding hydrogens is 384 g/mol. The first-order valence-electron chi connectivity index (χ1n) is 5.05. The van der Waals surface area contributed by atoms with E-state index in [1.54, 1.807) is 29.3 Å². The Hall–Kier alpha value is -0.410. The smallest absolute Gasteiger partial charge is 0.162 e. The summed E-state index contributed by atoms with van der Waals surface area (Å²) in [4.78, 5) is 1.07. The van der Waals surface area contributed by atoms with E-state index in [0.717, 1.165) is 18.8 Å². The van der Waals surface area contributed by atoms with Crippen molar-refractivity contribution >= 4 is 43.2 Å². The number of rotatable bonds is 4. The van der Waals surface area contributed by atoms with Gasteiger partial charge in [-0.25, -0.2) is 5.43 Å². The summed E-state index contributed by atoms with van der Waals surface area (Å²) in [7, 11) is 3.48. The molecule has 98 valence electrons. The van der Waals surface area contributed by atoms with E-state index in [1.165, 1.54) is 0 Å². The number of nitrogens with one attached hydrogen (secondary N) is 1. The van der Waals surface area contributed by atoms with Crippen LogP contribution in [0.4, 0.5) is 0 Å². The highest BCUT2D eigenvalue weighted by Crippen LogP contribution is 2.39. The van der Waals surface area contributed by atoms with Gasteiger partial charge in [0.2, 0.25) is 0 Å². The zero-order valence-corrected chi connectivity index (χ0v) is 13.8. The van der Waals surface area contributed by atoms with Crippen molar-refractivity contribution in [1.29, 1.82) is 0 Å². The lowest BCUT2D eigenvalue weighted by Gasteiger charge is -2.16. The number of halogens is 2. The second-order valence-electron chi connectivity index (χ2n) is 3.59. The number of aryl methyl sites for hydroxylation is 1. The minimum Gasteiger partial charge on any atom is -0.493 e. The summed E-state index contributed by atoms with van der Waals surface area (Å²) in [6.45, 7) is 0. The van der Waals surface area contributed by atoms with E-state index >= 15 is 0 Å². The molecule has 2 aromatic heterocycles. The van der Waals surface area contributed by atoms with Gasteiger partial charge in [0.05, 0.1) is 17.1 Å². The van der Waals surface area contributed by atoms with Gasteiger partial charge in [0, 0.05) is 16.4 Å². The van der Waals surface area contributed by atoms with Crippen molar-refractivity contribution < 1.29 is 4.74 Å². The number of nitrogens with zero attached hydrogens (tertiary/aromatic N) is 2. The Bertz CT molecular complexity index is 535. The summed E-state index contributed by atoms with van der Waals surface area (Å²) in [5.74, 6) is 6.39. The first kappa shape index (κ1) is 14.0. The molecular formula is C10H12Br2N4OS. The van der Waals surface area contributed by atoms with Crippen LogP contribution < -0.4 is 16.0 Å². The van der Waals surface area contributed by atoms with Crippen LogP contribution in [-0.4, -0.2) is 16.9 Å². The Kier molecular flexibility index (Phi) is 4.44. The van der Waals surface area contributed by atoms with Crippen molar-refractivity contribution in [3.63, 3.8) is 0 Å². The van der Waals surface area contributed by atoms with Gasteiger partial charge in [-0.1, -0.05) is 0 Å². The lowest BCUT2D eigenvalue weighted by Crippen LogP contribution is -2.30. The predicted molar refractivity (Wildman–Crippen MR) is 78.6 cm³/mol. The lowest BCUT2D eigenvalue weighted by atomic mass is 10.1. The number of ether oxygens (including phenoxy) is 1. The summed E-state index contributed by atoms with van der Waals surface area (Å²) in [5.41, 5.74) is 3.69. The van der Waals surface area contributed by atoms with Crippen molar-refractivity contribution in [2.75, 3.05) is 7.11 Å². The van der Waals surface area contributed by atoms with Crippen LogP contribution in [0.15, 0.2) is 20.5 Å². The molecule has 1 atom stereocenters. The molecule has 0 aromatic carbocycles. The van der Waals surface area contributed by atoms with Gasteiger partial charge in [-0.15, -0.1) is 11.3 Å². The molecule has 2 aromatic rings. The van der Waals surface area contributed by atoms with E-state index < -0.39 is 0 Å². The molecule has 0 aliphatic carbocycles.